The normalized spacial score (nSPS) is 11.6. The van der Waals surface area contributed by atoms with E-state index in [2.05, 4.69) is 45.4 Å². The summed E-state index contributed by atoms with van der Waals surface area (Å²) in [5.74, 6) is 0.808. The van der Waals surface area contributed by atoms with E-state index in [1.54, 1.807) is 0 Å². The Labute approximate surface area is 155 Å². The molecule has 0 saturated heterocycles. The van der Waals surface area contributed by atoms with E-state index < -0.39 is 0 Å². The van der Waals surface area contributed by atoms with Crippen molar-refractivity contribution < 1.29 is 9.57 Å². The fourth-order valence-corrected chi connectivity index (χ4v) is 3.33. The van der Waals surface area contributed by atoms with Gasteiger partial charge in [-0.25, -0.2) is 0 Å². The van der Waals surface area contributed by atoms with E-state index in [1.807, 2.05) is 48.5 Å². The van der Waals surface area contributed by atoms with Crippen LogP contribution in [0.25, 0.3) is 11.1 Å². The molecule has 0 spiro atoms. The molecule has 0 heterocycles. The van der Waals surface area contributed by atoms with E-state index in [0.717, 1.165) is 27.1 Å². The average molecular weight is 394 g/mol. The highest BCUT2D eigenvalue weighted by Gasteiger charge is 2.24. The van der Waals surface area contributed by atoms with Crippen molar-refractivity contribution in [2.24, 2.45) is 5.16 Å². The van der Waals surface area contributed by atoms with Crippen LogP contribution < -0.4 is 4.74 Å². The molecular weight excluding hydrogens is 378 g/mol. The van der Waals surface area contributed by atoms with Crippen molar-refractivity contribution in [1.29, 1.82) is 0 Å². The molecular formula is C21H16BrNO2. The molecule has 0 radical (unpaired) electrons. The number of ether oxygens (including phenoxy) is 1. The SMILES string of the molecule is Brc1cccc(OCCON=C2c3ccccc3-c3ccccc32)c1. The Balaban J connectivity index is 1.45. The van der Waals surface area contributed by atoms with Gasteiger partial charge in [-0.2, -0.15) is 0 Å². The molecule has 0 aliphatic heterocycles. The first-order valence-electron chi connectivity index (χ1n) is 8.10. The quantitative estimate of drug-likeness (QED) is 0.341. The molecule has 0 bridgehead atoms. The van der Waals surface area contributed by atoms with Crippen molar-refractivity contribution in [3.8, 4) is 16.9 Å². The fraction of sp³-hybridized carbons (Fsp3) is 0.0952. The molecule has 0 amide bonds. The van der Waals surface area contributed by atoms with Crippen LogP contribution in [0.3, 0.4) is 0 Å². The first-order chi connectivity index (χ1) is 12.3. The zero-order chi connectivity index (χ0) is 17.1. The standard InChI is InChI=1S/C21H16BrNO2/c22-15-6-5-7-16(14-15)24-12-13-25-23-21-19-10-3-1-8-17(19)18-9-2-4-11-20(18)21/h1-11,14H,12-13H2. The van der Waals surface area contributed by atoms with Gasteiger partial charge in [-0.15, -0.1) is 0 Å². The van der Waals surface area contributed by atoms with Crippen molar-refractivity contribution in [3.05, 3.63) is 88.4 Å². The second-order valence-corrected chi connectivity index (χ2v) is 6.59. The van der Waals surface area contributed by atoms with Gasteiger partial charge in [0.05, 0.1) is 0 Å². The highest BCUT2D eigenvalue weighted by atomic mass is 79.9. The first kappa shape index (κ1) is 15.9. The summed E-state index contributed by atoms with van der Waals surface area (Å²) in [5.41, 5.74) is 5.50. The molecule has 3 aromatic rings. The van der Waals surface area contributed by atoms with Gasteiger partial charge in [0.25, 0.3) is 0 Å². The van der Waals surface area contributed by atoms with Gasteiger partial charge < -0.3 is 9.57 Å². The average Bonchev–Trinajstić information content (AvgIpc) is 2.96. The van der Waals surface area contributed by atoms with Gasteiger partial charge >= 0.3 is 0 Å². The van der Waals surface area contributed by atoms with Gasteiger partial charge in [0.1, 0.15) is 18.1 Å². The Morgan fingerprint density at radius 2 is 1.36 bits per heavy atom. The molecule has 3 nitrogen and oxygen atoms in total. The summed E-state index contributed by atoms with van der Waals surface area (Å²) in [4.78, 5) is 5.53. The molecule has 4 rings (SSSR count). The summed E-state index contributed by atoms with van der Waals surface area (Å²) in [7, 11) is 0. The lowest BCUT2D eigenvalue weighted by Gasteiger charge is -2.06. The lowest BCUT2D eigenvalue weighted by Crippen LogP contribution is -2.06. The van der Waals surface area contributed by atoms with Crippen LogP contribution in [0.4, 0.5) is 0 Å². The van der Waals surface area contributed by atoms with Crippen LogP contribution in [-0.4, -0.2) is 18.9 Å². The minimum Gasteiger partial charge on any atom is -0.490 e. The van der Waals surface area contributed by atoms with E-state index in [0.29, 0.717) is 13.2 Å². The Hall–Kier alpha value is -2.59. The van der Waals surface area contributed by atoms with Crippen LogP contribution in [0.15, 0.2) is 82.4 Å². The Morgan fingerprint density at radius 3 is 2.00 bits per heavy atom. The predicted octanol–water partition coefficient (Wildman–Crippen LogP) is 5.28. The second-order valence-electron chi connectivity index (χ2n) is 5.67. The highest BCUT2D eigenvalue weighted by molar-refractivity contribution is 9.10. The van der Waals surface area contributed by atoms with Gasteiger partial charge in [0.15, 0.2) is 6.61 Å². The molecule has 1 aliphatic rings. The maximum absolute atomic E-state index is 5.67. The van der Waals surface area contributed by atoms with Crippen molar-refractivity contribution in [2.75, 3.05) is 13.2 Å². The topological polar surface area (TPSA) is 30.8 Å². The monoisotopic (exact) mass is 393 g/mol. The molecule has 4 heteroatoms. The zero-order valence-electron chi connectivity index (χ0n) is 13.5. The summed E-state index contributed by atoms with van der Waals surface area (Å²) in [6.45, 7) is 0.830. The van der Waals surface area contributed by atoms with Crippen LogP contribution >= 0.6 is 15.9 Å². The Kier molecular flexibility index (Phi) is 4.53. The number of hydrogen-bond acceptors (Lipinski definition) is 3. The number of rotatable bonds is 5. The predicted molar refractivity (Wildman–Crippen MR) is 103 cm³/mol. The second kappa shape index (κ2) is 7.11. The number of oxime groups is 1. The van der Waals surface area contributed by atoms with E-state index in [-0.39, 0.29) is 0 Å². The van der Waals surface area contributed by atoms with Gasteiger partial charge in [-0.1, -0.05) is 75.7 Å². The van der Waals surface area contributed by atoms with Crippen LogP contribution in [0.1, 0.15) is 11.1 Å². The molecule has 0 N–H and O–H groups in total. The van der Waals surface area contributed by atoms with Crippen LogP contribution in [0.5, 0.6) is 5.75 Å². The number of halogens is 1. The van der Waals surface area contributed by atoms with Crippen molar-refractivity contribution >= 4 is 21.6 Å². The lowest BCUT2D eigenvalue weighted by molar-refractivity contribution is 0.107. The van der Waals surface area contributed by atoms with Crippen molar-refractivity contribution in [2.45, 2.75) is 0 Å². The number of benzene rings is 3. The fourth-order valence-electron chi connectivity index (χ4n) is 2.96. The summed E-state index contributed by atoms with van der Waals surface area (Å²) < 4.78 is 6.66. The molecule has 0 fully saturated rings. The van der Waals surface area contributed by atoms with Gasteiger partial charge in [0.2, 0.25) is 0 Å². The minimum atomic E-state index is 0.389. The summed E-state index contributed by atoms with van der Waals surface area (Å²) in [6, 6.07) is 24.3. The summed E-state index contributed by atoms with van der Waals surface area (Å²) in [6.07, 6.45) is 0. The largest absolute Gasteiger partial charge is 0.490 e. The van der Waals surface area contributed by atoms with E-state index in [1.165, 1.54) is 11.1 Å². The van der Waals surface area contributed by atoms with Crippen LogP contribution in [0, 0.1) is 0 Å². The maximum Gasteiger partial charge on any atom is 0.151 e. The maximum atomic E-state index is 5.67. The molecule has 25 heavy (non-hydrogen) atoms. The molecule has 0 unspecified atom stereocenters. The third kappa shape index (κ3) is 3.30. The molecule has 124 valence electrons. The molecule has 3 aromatic carbocycles. The summed E-state index contributed by atoms with van der Waals surface area (Å²) in [5, 5.41) is 4.38. The number of nitrogens with zero attached hydrogens (tertiary/aromatic N) is 1. The third-order valence-corrected chi connectivity index (χ3v) is 4.54. The third-order valence-electron chi connectivity index (χ3n) is 4.05. The van der Waals surface area contributed by atoms with Crippen LogP contribution in [-0.2, 0) is 4.84 Å². The number of hydrogen-bond donors (Lipinski definition) is 0. The summed E-state index contributed by atoms with van der Waals surface area (Å²) >= 11 is 3.43. The van der Waals surface area contributed by atoms with Gasteiger partial charge in [-0.3, -0.25) is 0 Å². The van der Waals surface area contributed by atoms with Gasteiger partial charge in [0, 0.05) is 15.6 Å². The molecule has 1 aliphatic carbocycles. The minimum absolute atomic E-state index is 0.389. The molecule has 0 saturated carbocycles. The van der Waals surface area contributed by atoms with Crippen LogP contribution in [0.2, 0.25) is 0 Å². The molecule has 0 aromatic heterocycles. The number of fused-ring (bicyclic) bond motifs is 3. The Morgan fingerprint density at radius 1 is 0.720 bits per heavy atom. The first-order valence-corrected chi connectivity index (χ1v) is 8.90. The lowest BCUT2D eigenvalue weighted by atomic mass is 10.1. The molecule has 0 atom stereocenters. The Bertz CT molecular complexity index is 889. The van der Waals surface area contributed by atoms with Crippen molar-refractivity contribution in [3.63, 3.8) is 0 Å². The smallest absolute Gasteiger partial charge is 0.151 e. The van der Waals surface area contributed by atoms with E-state index in [4.69, 9.17) is 9.57 Å². The van der Waals surface area contributed by atoms with E-state index >= 15 is 0 Å². The highest BCUT2D eigenvalue weighted by Crippen LogP contribution is 2.36. The van der Waals surface area contributed by atoms with Crippen molar-refractivity contribution in [1.82, 2.24) is 0 Å². The van der Waals surface area contributed by atoms with E-state index in [9.17, 15) is 0 Å². The zero-order valence-corrected chi connectivity index (χ0v) is 15.1. The van der Waals surface area contributed by atoms with Gasteiger partial charge in [-0.05, 0) is 29.3 Å².